The van der Waals surface area contributed by atoms with Crippen molar-refractivity contribution in [1.82, 2.24) is 0 Å². The average molecular weight is 235 g/mol. The van der Waals surface area contributed by atoms with Crippen molar-refractivity contribution in [3.8, 4) is 0 Å². The van der Waals surface area contributed by atoms with E-state index in [1.165, 1.54) is 26.2 Å². The highest BCUT2D eigenvalue weighted by atomic mass is 35.5. The summed E-state index contributed by atoms with van der Waals surface area (Å²) >= 11 is 6.19. The first kappa shape index (κ1) is 14.8. The monoisotopic (exact) mass is 234 g/mol. The van der Waals surface area contributed by atoms with Gasteiger partial charge in [-0.25, -0.2) is 0 Å². The largest absolute Gasteiger partial charge is 0.461 e. The fourth-order valence-electron chi connectivity index (χ4n) is 1.58. The summed E-state index contributed by atoms with van der Waals surface area (Å²) in [7, 11) is 0. The van der Waals surface area contributed by atoms with E-state index in [-0.39, 0.29) is 17.5 Å². The van der Waals surface area contributed by atoms with Crippen LogP contribution in [0.25, 0.3) is 0 Å². The Morgan fingerprint density at radius 2 is 1.93 bits per heavy atom. The number of hydrogen-bond acceptors (Lipinski definition) is 2. The van der Waals surface area contributed by atoms with Gasteiger partial charge in [-0.2, -0.15) is 0 Å². The van der Waals surface area contributed by atoms with E-state index >= 15 is 0 Å². The molecule has 0 fully saturated rings. The summed E-state index contributed by atoms with van der Waals surface area (Å²) in [6, 6.07) is 0. The predicted molar refractivity (Wildman–Crippen MR) is 64.2 cm³/mol. The number of alkyl halides is 1. The average Bonchev–Trinajstić information content (AvgIpc) is 2.20. The van der Waals surface area contributed by atoms with E-state index in [1.54, 1.807) is 0 Å². The minimum atomic E-state index is -0.235. The molecule has 90 valence electrons. The summed E-state index contributed by atoms with van der Waals surface area (Å²) in [5.74, 6) is -0.235. The highest BCUT2D eigenvalue weighted by Crippen LogP contribution is 2.18. The topological polar surface area (TPSA) is 26.3 Å². The molecule has 0 aliphatic rings. The van der Waals surface area contributed by atoms with Gasteiger partial charge in [0, 0.05) is 6.92 Å². The van der Waals surface area contributed by atoms with E-state index in [0.717, 1.165) is 19.3 Å². The van der Waals surface area contributed by atoms with Crippen molar-refractivity contribution in [3.63, 3.8) is 0 Å². The van der Waals surface area contributed by atoms with Crippen molar-refractivity contribution >= 4 is 17.6 Å². The van der Waals surface area contributed by atoms with E-state index in [9.17, 15) is 4.79 Å². The lowest BCUT2D eigenvalue weighted by atomic mass is 10.1. The normalized spacial score (nSPS) is 14.7. The Balaban J connectivity index is 3.72. The second-order valence-electron chi connectivity index (χ2n) is 3.92. The van der Waals surface area contributed by atoms with Crippen LogP contribution in [0, 0.1) is 0 Å². The van der Waals surface area contributed by atoms with E-state index in [1.807, 2.05) is 6.92 Å². The number of rotatable bonds is 8. The number of hydrogen-bond donors (Lipinski definition) is 0. The first-order valence-corrected chi connectivity index (χ1v) is 6.36. The summed E-state index contributed by atoms with van der Waals surface area (Å²) < 4.78 is 5.15. The highest BCUT2D eigenvalue weighted by Gasteiger charge is 2.19. The molecule has 0 aliphatic heterocycles. The van der Waals surface area contributed by atoms with Gasteiger partial charge in [0.25, 0.3) is 0 Å². The molecule has 0 saturated heterocycles. The fraction of sp³-hybridized carbons (Fsp3) is 0.917. The van der Waals surface area contributed by atoms with E-state index in [0.29, 0.717) is 0 Å². The standard InChI is InChI=1S/C12H23ClO2/c1-4-6-7-8-9-11(13)12(5-2)15-10(3)14/h11-12H,4-9H2,1-3H3. The van der Waals surface area contributed by atoms with Gasteiger partial charge in [-0.3, -0.25) is 4.79 Å². The van der Waals surface area contributed by atoms with Crippen LogP contribution in [-0.2, 0) is 9.53 Å². The molecule has 0 saturated carbocycles. The van der Waals surface area contributed by atoms with Crippen LogP contribution in [0.3, 0.4) is 0 Å². The Morgan fingerprint density at radius 3 is 2.40 bits per heavy atom. The van der Waals surface area contributed by atoms with Gasteiger partial charge in [0.1, 0.15) is 6.10 Å². The molecule has 0 spiro atoms. The van der Waals surface area contributed by atoms with Crippen molar-refractivity contribution in [1.29, 1.82) is 0 Å². The second kappa shape index (κ2) is 9.02. The van der Waals surface area contributed by atoms with Gasteiger partial charge in [-0.1, -0.05) is 39.5 Å². The minimum absolute atomic E-state index is 0.0317. The van der Waals surface area contributed by atoms with Gasteiger partial charge in [-0.15, -0.1) is 11.6 Å². The third kappa shape index (κ3) is 7.66. The van der Waals surface area contributed by atoms with Gasteiger partial charge in [0.15, 0.2) is 0 Å². The number of unbranched alkanes of at least 4 members (excludes halogenated alkanes) is 3. The van der Waals surface area contributed by atoms with Crippen molar-refractivity contribution in [2.45, 2.75) is 70.8 Å². The molecule has 0 amide bonds. The van der Waals surface area contributed by atoms with Gasteiger partial charge >= 0.3 is 5.97 Å². The molecular formula is C12H23ClO2. The van der Waals surface area contributed by atoms with Crippen LogP contribution in [-0.4, -0.2) is 17.5 Å². The maximum absolute atomic E-state index is 10.8. The Kier molecular flexibility index (Phi) is 8.88. The minimum Gasteiger partial charge on any atom is -0.461 e. The zero-order chi connectivity index (χ0) is 11.7. The van der Waals surface area contributed by atoms with Crippen molar-refractivity contribution in [2.75, 3.05) is 0 Å². The quantitative estimate of drug-likeness (QED) is 0.362. The molecule has 0 radical (unpaired) electrons. The van der Waals surface area contributed by atoms with Gasteiger partial charge < -0.3 is 4.74 Å². The Hall–Kier alpha value is -0.240. The van der Waals surface area contributed by atoms with Crippen LogP contribution in [0.15, 0.2) is 0 Å². The molecule has 2 unspecified atom stereocenters. The molecular weight excluding hydrogens is 212 g/mol. The zero-order valence-electron chi connectivity index (χ0n) is 10.1. The second-order valence-corrected chi connectivity index (χ2v) is 4.48. The third-order valence-electron chi connectivity index (χ3n) is 2.46. The molecule has 0 N–H and O–H groups in total. The van der Waals surface area contributed by atoms with Crippen molar-refractivity contribution in [3.05, 3.63) is 0 Å². The maximum Gasteiger partial charge on any atom is 0.302 e. The van der Waals surface area contributed by atoms with E-state index in [4.69, 9.17) is 16.3 Å². The van der Waals surface area contributed by atoms with Crippen molar-refractivity contribution < 1.29 is 9.53 Å². The predicted octanol–water partition coefficient (Wildman–Crippen LogP) is 3.91. The molecule has 0 aromatic carbocycles. The first-order chi connectivity index (χ1) is 7.11. The summed E-state index contributed by atoms with van der Waals surface area (Å²) in [5, 5.41) is -0.0317. The fourth-order valence-corrected chi connectivity index (χ4v) is 1.96. The number of ether oxygens (including phenoxy) is 1. The van der Waals surface area contributed by atoms with E-state index < -0.39 is 0 Å². The SMILES string of the molecule is CCCCCCC(Cl)C(CC)OC(C)=O. The van der Waals surface area contributed by atoms with Crippen LogP contribution < -0.4 is 0 Å². The highest BCUT2D eigenvalue weighted by molar-refractivity contribution is 6.21. The first-order valence-electron chi connectivity index (χ1n) is 5.93. The Bertz CT molecular complexity index is 171. The number of carbonyl (C=O) groups excluding carboxylic acids is 1. The Labute approximate surface area is 98.3 Å². The molecule has 0 aromatic rings. The van der Waals surface area contributed by atoms with Gasteiger partial charge in [0.2, 0.25) is 0 Å². The molecule has 0 heterocycles. The number of carbonyl (C=O) groups is 1. The summed E-state index contributed by atoms with van der Waals surface area (Å²) in [6.45, 7) is 5.62. The third-order valence-corrected chi connectivity index (χ3v) is 2.96. The molecule has 0 rings (SSSR count). The molecule has 2 nitrogen and oxygen atoms in total. The van der Waals surface area contributed by atoms with E-state index in [2.05, 4.69) is 6.92 Å². The van der Waals surface area contributed by atoms with Crippen LogP contribution in [0.2, 0.25) is 0 Å². The summed E-state index contributed by atoms with van der Waals surface area (Å²) in [5.41, 5.74) is 0. The van der Waals surface area contributed by atoms with Crippen LogP contribution >= 0.6 is 11.6 Å². The lowest BCUT2D eigenvalue weighted by Gasteiger charge is -2.20. The number of halogens is 1. The molecule has 0 aliphatic carbocycles. The Morgan fingerprint density at radius 1 is 1.27 bits per heavy atom. The molecule has 0 bridgehead atoms. The lowest BCUT2D eigenvalue weighted by molar-refractivity contribution is -0.146. The van der Waals surface area contributed by atoms with Crippen LogP contribution in [0.4, 0.5) is 0 Å². The summed E-state index contributed by atoms with van der Waals surface area (Å²) in [6.07, 6.45) is 6.44. The van der Waals surface area contributed by atoms with Crippen LogP contribution in [0.1, 0.15) is 59.3 Å². The smallest absolute Gasteiger partial charge is 0.302 e. The molecule has 0 aromatic heterocycles. The van der Waals surface area contributed by atoms with Crippen LogP contribution in [0.5, 0.6) is 0 Å². The lowest BCUT2D eigenvalue weighted by Crippen LogP contribution is -2.26. The summed E-state index contributed by atoms with van der Waals surface area (Å²) in [4.78, 5) is 10.8. The van der Waals surface area contributed by atoms with Gasteiger partial charge in [-0.05, 0) is 12.8 Å². The number of esters is 1. The maximum atomic E-state index is 10.8. The zero-order valence-corrected chi connectivity index (χ0v) is 10.8. The molecule has 15 heavy (non-hydrogen) atoms. The molecule has 3 heteroatoms. The van der Waals surface area contributed by atoms with Crippen molar-refractivity contribution in [2.24, 2.45) is 0 Å². The molecule has 2 atom stereocenters. The van der Waals surface area contributed by atoms with Gasteiger partial charge in [0.05, 0.1) is 5.38 Å².